The number of guanidine groups is 1. The van der Waals surface area contributed by atoms with Gasteiger partial charge in [-0.25, -0.2) is 0 Å². The van der Waals surface area contributed by atoms with Crippen molar-refractivity contribution in [1.29, 1.82) is 0 Å². The van der Waals surface area contributed by atoms with Crippen molar-refractivity contribution in [3.8, 4) is 0 Å². The lowest BCUT2D eigenvalue weighted by Gasteiger charge is -2.21. The van der Waals surface area contributed by atoms with E-state index in [1.807, 2.05) is 0 Å². The van der Waals surface area contributed by atoms with Crippen LogP contribution in [0, 0.1) is 0 Å². The molecule has 0 spiro atoms. The Balaban J connectivity index is 4.66. The van der Waals surface area contributed by atoms with Crippen molar-refractivity contribution < 1.29 is 24.3 Å². The molecule has 14 N–H and O–H groups in total. The van der Waals surface area contributed by atoms with Crippen molar-refractivity contribution in [2.45, 2.75) is 50.2 Å². The van der Waals surface area contributed by atoms with Crippen LogP contribution in [0.1, 0.15) is 32.1 Å². The van der Waals surface area contributed by atoms with Crippen LogP contribution < -0.4 is 44.6 Å². The van der Waals surface area contributed by atoms with Gasteiger partial charge in [-0.1, -0.05) is 0 Å². The molecule has 0 fully saturated rings. The van der Waals surface area contributed by atoms with E-state index in [-0.39, 0.29) is 12.4 Å². The standard InChI is InChI=1S/C17H35N9O5/c18-6-2-1-5-11(16(31)26-12(9-27)14(20)29)25-13(28)8-24-15(30)10(19)4-3-7-23-17(21)22/h10-12,27H,1-9,18-19H2,(H2,20,29)(H,24,30)(H,25,28)(H,26,31)(H4,21,22,23)/t10-,11-,12-/m0/s1. The minimum atomic E-state index is -1.28. The van der Waals surface area contributed by atoms with Crippen molar-refractivity contribution >= 4 is 29.6 Å². The van der Waals surface area contributed by atoms with E-state index in [4.69, 9.17) is 33.8 Å². The molecule has 0 unspecified atom stereocenters. The number of nitrogens with two attached hydrogens (primary N) is 5. The first kappa shape index (κ1) is 28.0. The van der Waals surface area contributed by atoms with E-state index in [0.29, 0.717) is 38.8 Å². The first-order valence-corrected chi connectivity index (χ1v) is 9.91. The third kappa shape index (κ3) is 13.0. The van der Waals surface area contributed by atoms with Gasteiger partial charge in [0.05, 0.1) is 19.2 Å². The van der Waals surface area contributed by atoms with Gasteiger partial charge in [0.2, 0.25) is 23.6 Å². The van der Waals surface area contributed by atoms with Gasteiger partial charge in [-0.05, 0) is 38.6 Å². The van der Waals surface area contributed by atoms with Crippen LogP contribution in [0.4, 0.5) is 0 Å². The van der Waals surface area contributed by atoms with Crippen LogP contribution in [0.3, 0.4) is 0 Å². The lowest BCUT2D eigenvalue weighted by atomic mass is 10.1. The number of aliphatic hydroxyl groups excluding tert-OH is 1. The molecule has 0 rings (SSSR count). The summed E-state index contributed by atoms with van der Waals surface area (Å²) < 4.78 is 0. The van der Waals surface area contributed by atoms with Crippen LogP contribution in [0.15, 0.2) is 4.99 Å². The fraction of sp³-hybridized carbons (Fsp3) is 0.706. The third-order valence-corrected chi connectivity index (χ3v) is 4.17. The summed E-state index contributed by atoms with van der Waals surface area (Å²) in [5, 5.41) is 16.3. The highest BCUT2D eigenvalue weighted by Gasteiger charge is 2.25. The molecule has 31 heavy (non-hydrogen) atoms. The fourth-order valence-corrected chi connectivity index (χ4v) is 2.43. The monoisotopic (exact) mass is 445 g/mol. The number of unbranched alkanes of at least 4 members (excludes halogenated alkanes) is 1. The summed E-state index contributed by atoms with van der Waals surface area (Å²) in [7, 11) is 0. The summed E-state index contributed by atoms with van der Waals surface area (Å²) in [5.74, 6) is -2.83. The highest BCUT2D eigenvalue weighted by Crippen LogP contribution is 2.02. The zero-order chi connectivity index (χ0) is 23.8. The van der Waals surface area contributed by atoms with Gasteiger partial charge in [-0.3, -0.25) is 24.2 Å². The van der Waals surface area contributed by atoms with Gasteiger partial charge in [-0.2, -0.15) is 0 Å². The Bertz CT molecular complexity index is 625. The molecule has 0 saturated heterocycles. The average Bonchev–Trinajstić information content (AvgIpc) is 2.71. The molecule has 0 aromatic carbocycles. The van der Waals surface area contributed by atoms with Gasteiger partial charge >= 0.3 is 0 Å². The van der Waals surface area contributed by atoms with E-state index in [1.165, 1.54) is 0 Å². The van der Waals surface area contributed by atoms with Crippen molar-refractivity contribution in [1.82, 2.24) is 16.0 Å². The number of nitrogens with one attached hydrogen (secondary N) is 3. The Kier molecular flexibility index (Phi) is 14.3. The predicted octanol–water partition coefficient (Wildman–Crippen LogP) is -4.94. The zero-order valence-corrected chi connectivity index (χ0v) is 17.5. The van der Waals surface area contributed by atoms with Crippen molar-refractivity contribution in [2.75, 3.05) is 26.2 Å². The molecule has 0 aromatic heterocycles. The number of amides is 4. The van der Waals surface area contributed by atoms with Crippen molar-refractivity contribution in [2.24, 2.45) is 33.7 Å². The largest absolute Gasteiger partial charge is 0.394 e. The molecule has 0 aliphatic rings. The van der Waals surface area contributed by atoms with E-state index in [0.717, 1.165) is 0 Å². The minimum absolute atomic E-state index is 0.0547. The molecule has 14 nitrogen and oxygen atoms in total. The molecule has 14 heteroatoms. The highest BCUT2D eigenvalue weighted by atomic mass is 16.3. The molecular formula is C17H35N9O5. The number of rotatable bonds is 16. The SMILES string of the molecule is NCCCC[C@H](NC(=O)CNC(=O)[C@@H](N)CCCN=C(N)N)C(=O)N[C@@H](CO)C(N)=O. The van der Waals surface area contributed by atoms with Crippen LogP contribution in [0.25, 0.3) is 0 Å². The summed E-state index contributed by atoms with van der Waals surface area (Å²) >= 11 is 0. The maximum Gasteiger partial charge on any atom is 0.243 e. The number of hydrogen-bond donors (Lipinski definition) is 9. The van der Waals surface area contributed by atoms with Crippen LogP contribution in [0.2, 0.25) is 0 Å². The summed E-state index contributed by atoms with van der Waals surface area (Å²) in [6.45, 7) is -0.356. The van der Waals surface area contributed by atoms with Crippen LogP contribution in [0.5, 0.6) is 0 Å². The van der Waals surface area contributed by atoms with Gasteiger partial charge < -0.3 is 49.7 Å². The van der Waals surface area contributed by atoms with Gasteiger partial charge in [0.1, 0.15) is 12.1 Å². The number of hydrogen-bond acceptors (Lipinski definition) is 8. The maximum absolute atomic E-state index is 12.4. The number of primary amides is 1. The molecule has 0 radical (unpaired) electrons. The van der Waals surface area contributed by atoms with Gasteiger partial charge in [0, 0.05) is 6.54 Å². The van der Waals surface area contributed by atoms with Gasteiger partial charge in [0.25, 0.3) is 0 Å². The molecule has 0 aliphatic heterocycles. The number of aliphatic imine (C=N–C) groups is 1. The Morgan fingerprint density at radius 2 is 1.58 bits per heavy atom. The predicted molar refractivity (Wildman–Crippen MR) is 114 cm³/mol. The molecule has 3 atom stereocenters. The van der Waals surface area contributed by atoms with Crippen LogP contribution in [-0.2, 0) is 19.2 Å². The lowest BCUT2D eigenvalue weighted by molar-refractivity contribution is -0.132. The van der Waals surface area contributed by atoms with Gasteiger partial charge in [-0.15, -0.1) is 0 Å². The summed E-state index contributed by atoms with van der Waals surface area (Å²) in [6.07, 6.45) is 2.18. The Labute approximate surface area is 180 Å². The molecule has 0 saturated carbocycles. The van der Waals surface area contributed by atoms with Gasteiger partial charge in [0.15, 0.2) is 5.96 Å². The molecule has 0 aliphatic carbocycles. The lowest BCUT2D eigenvalue weighted by Crippen LogP contribution is -2.55. The molecule has 0 aromatic rings. The number of carbonyl (C=O) groups excluding carboxylic acids is 4. The van der Waals surface area contributed by atoms with Crippen LogP contribution >= 0.6 is 0 Å². The third-order valence-electron chi connectivity index (χ3n) is 4.17. The Morgan fingerprint density at radius 3 is 2.13 bits per heavy atom. The second kappa shape index (κ2) is 15.8. The zero-order valence-electron chi connectivity index (χ0n) is 17.5. The minimum Gasteiger partial charge on any atom is -0.394 e. The number of carbonyl (C=O) groups is 4. The number of aliphatic hydroxyl groups is 1. The first-order valence-electron chi connectivity index (χ1n) is 9.91. The van der Waals surface area contributed by atoms with Crippen LogP contribution in [-0.4, -0.2) is 79.1 Å². The van der Waals surface area contributed by atoms with E-state index >= 15 is 0 Å². The average molecular weight is 446 g/mol. The van der Waals surface area contributed by atoms with Crippen molar-refractivity contribution in [3.05, 3.63) is 0 Å². The second-order valence-electron chi connectivity index (χ2n) is 6.82. The quantitative estimate of drug-likeness (QED) is 0.0624. The number of nitrogens with zero attached hydrogens (tertiary/aromatic N) is 1. The summed E-state index contributed by atoms with van der Waals surface area (Å²) in [6, 6.07) is -3.14. The van der Waals surface area contributed by atoms with E-state index in [9.17, 15) is 19.2 Å². The normalized spacial score (nSPS) is 13.4. The first-order chi connectivity index (χ1) is 14.6. The molecule has 0 bridgehead atoms. The molecule has 0 heterocycles. The van der Waals surface area contributed by atoms with E-state index in [2.05, 4.69) is 20.9 Å². The summed E-state index contributed by atoms with van der Waals surface area (Å²) in [5.41, 5.74) is 26.7. The van der Waals surface area contributed by atoms with E-state index in [1.54, 1.807) is 0 Å². The fourth-order valence-electron chi connectivity index (χ4n) is 2.43. The smallest absolute Gasteiger partial charge is 0.243 e. The maximum atomic E-state index is 12.4. The second-order valence-corrected chi connectivity index (χ2v) is 6.82. The Hall–Kier alpha value is -2.97. The summed E-state index contributed by atoms with van der Waals surface area (Å²) in [4.78, 5) is 51.5. The van der Waals surface area contributed by atoms with E-state index < -0.39 is 54.9 Å². The molecule has 178 valence electrons. The topological polar surface area (TPSA) is 267 Å². The molecular weight excluding hydrogens is 410 g/mol. The Morgan fingerprint density at radius 1 is 0.903 bits per heavy atom. The van der Waals surface area contributed by atoms with Crippen molar-refractivity contribution in [3.63, 3.8) is 0 Å². The highest BCUT2D eigenvalue weighted by molar-refractivity contribution is 5.93. The molecule has 4 amide bonds.